The molecular formula is C27H37N7O2. The lowest BCUT2D eigenvalue weighted by atomic mass is 10.1. The highest BCUT2D eigenvalue weighted by molar-refractivity contribution is 5.90. The van der Waals surface area contributed by atoms with Crippen LogP contribution in [-0.4, -0.2) is 71.4 Å². The minimum atomic E-state index is -0.110. The molecule has 2 amide bonds. The number of hydrazine groups is 1. The monoisotopic (exact) mass is 491 g/mol. The van der Waals surface area contributed by atoms with Crippen molar-refractivity contribution in [1.82, 2.24) is 30.4 Å². The SMILES string of the molecule is CCNCCNC(=O)CN(CC(=O)N(C)N1Cc2ccccc2C1)c1cc2cn(CC)nc2cc1C. The van der Waals surface area contributed by atoms with Gasteiger partial charge in [0.1, 0.15) is 0 Å². The molecule has 4 rings (SSSR count). The van der Waals surface area contributed by atoms with Crippen LogP contribution in [0.1, 0.15) is 30.5 Å². The minimum absolute atomic E-state index is 0.0630. The van der Waals surface area contributed by atoms with E-state index in [1.54, 1.807) is 5.01 Å². The molecule has 0 aliphatic carbocycles. The van der Waals surface area contributed by atoms with E-state index in [9.17, 15) is 9.59 Å². The van der Waals surface area contributed by atoms with E-state index in [0.29, 0.717) is 26.2 Å². The molecule has 1 aliphatic rings. The van der Waals surface area contributed by atoms with Gasteiger partial charge in [0, 0.05) is 57.0 Å². The molecule has 2 aromatic carbocycles. The molecular weight excluding hydrogens is 454 g/mol. The van der Waals surface area contributed by atoms with Crippen molar-refractivity contribution in [2.45, 2.75) is 40.4 Å². The molecule has 2 N–H and O–H groups in total. The zero-order chi connectivity index (χ0) is 25.7. The van der Waals surface area contributed by atoms with Gasteiger partial charge in [0.05, 0.1) is 18.6 Å². The Morgan fingerprint density at radius 1 is 1.06 bits per heavy atom. The summed E-state index contributed by atoms with van der Waals surface area (Å²) in [5.74, 6) is -0.173. The first kappa shape index (κ1) is 25.7. The third kappa shape index (κ3) is 5.85. The van der Waals surface area contributed by atoms with Crippen LogP contribution in [0.2, 0.25) is 0 Å². The van der Waals surface area contributed by atoms with Crippen molar-refractivity contribution in [1.29, 1.82) is 0 Å². The molecule has 0 spiro atoms. The number of amides is 2. The standard InChI is InChI=1S/C27H37N7O2/c1-5-28-11-12-29-26(35)18-32(25-14-23-15-33(6-2)30-24(23)13-20(25)3)19-27(36)31(4)34-16-21-9-7-8-10-22(21)17-34/h7-10,13-15,28H,5-6,11-12,16-19H2,1-4H3,(H,29,35). The van der Waals surface area contributed by atoms with Crippen molar-refractivity contribution >= 4 is 28.4 Å². The molecule has 9 heteroatoms. The molecule has 0 radical (unpaired) electrons. The Morgan fingerprint density at radius 3 is 2.44 bits per heavy atom. The van der Waals surface area contributed by atoms with Gasteiger partial charge in [0.2, 0.25) is 5.91 Å². The first-order valence-corrected chi connectivity index (χ1v) is 12.7. The van der Waals surface area contributed by atoms with Crippen molar-refractivity contribution in [3.63, 3.8) is 0 Å². The first-order valence-electron chi connectivity index (χ1n) is 12.7. The summed E-state index contributed by atoms with van der Waals surface area (Å²) in [7, 11) is 1.81. The van der Waals surface area contributed by atoms with Crippen LogP contribution in [-0.2, 0) is 29.2 Å². The Labute approximate surface area is 213 Å². The Bertz CT molecular complexity index is 1200. The van der Waals surface area contributed by atoms with Crippen LogP contribution in [0.4, 0.5) is 5.69 Å². The molecule has 192 valence electrons. The lowest BCUT2D eigenvalue weighted by Gasteiger charge is -2.32. The Balaban J connectivity index is 1.53. The van der Waals surface area contributed by atoms with Crippen LogP contribution in [0.5, 0.6) is 0 Å². The number of benzene rings is 2. The second kappa shape index (κ2) is 11.5. The maximum atomic E-state index is 13.5. The molecule has 36 heavy (non-hydrogen) atoms. The van der Waals surface area contributed by atoms with Gasteiger partial charge in [-0.1, -0.05) is 31.2 Å². The second-order valence-electron chi connectivity index (χ2n) is 9.25. The first-order chi connectivity index (χ1) is 17.4. The van der Waals surface area contributed by atoms with Gasteiger partial charge in [-0.05, 0) is 49.2 Å². The number of nitrogens with one attached hydrogen (secondary N) is 2. The molecule has 0 saturated heterocycles. The number of aryl methyl sites for hydroxylation is 2. The lowest BCUT2D eigenvalue weighted by molar-refractivity contribution is -0.145. The molecule has 0 atom stereocenters. The van der Waals surface area contributed by atoms with Crippen LogP contribution in [0.25, 0.3) is 10.9 Å². The normalized spacial score (nSPS) is 13.1. The molecule has 1 aromatic heterocycles. The van der Waals surface area contributed by atoms with Crippen LogP contribution >= 0.6 is 0 Å². The van der Waals surface area contributed by atoms with Gasteiger partial charge < -0.3 is 15.5 Å². The average molecular weight is 492 g/mol. The highest BCUT2D eigenvalue weighted by Gasteiger charge is 2.27. The van der Waals surface area contributed by atoms with Crippen molar-refractivity contribution < 1.29 is 9.59 Å². The van der Waals surface area contributed by atoms with Gasteiger partial charge in [0.25, 0.3) is 5.91 Å². The second-order valence-corrected chi connectivity index (χ2v) is 9.25. The van der Waals surface area contributed by atoms with E-state index >= 15 is 0 Å². The Morgan fingerprint density at radius 2 is 1.78 bits per heavy atom. The van der Waals surface area contributed by atoms with Crippen LogP contribution in [0.3, 0.4) is 0 Å². The number of carbonyl (C=O) groups excluding carboxylic acids is 2. The summed E-state index contributed by atoms with van der Waals surface area (Å²) in [6, 6.07) is 12.3. The average Bonchev–Trinajstić information content (AvgIpc) is 3.48. The Kier molecular flexibility index (Phi) is 8.22. The number of rotatable bonds is 11. The van der Waals surface area contributed by atoms with Crippen molar-refractivity contribution in [3.05, 3.63) is 59.3 Å². The highest BCUT2D eigenvalue weighted by Crippen LogP contribution is 2.27. The molecule has 2 heterocycles. The third-order valence-electron chi connectivity index (χ3n) is 6.68. The van der Waals surface area contributed by atoms with Crippen molar-refractivity contribution in [2.75, 3.05) is 44.7 Å². The molecule has 3 aromatic rings. The number of hydrogen-bond acceptors (Lipinski definition) is 6. The molecule has 0 unspecified atom stereocenters. The van der Waals surface area contributed by atoms with E-state index in [1.165, 1.54) is 11.1 Å². The largest absolute Gasteiger partial charge is 0.353 e. The van der Waals surface area contributed by atoms with E-state index < -0.39 is 0 Å². The van der Waals surface area contributed by atoms with E-state index in [0.717, 1.165) is 35.2 Å². The summed E-state index contributed by atoms with van der Waals surface area (Å²) < 4.78 is 1.90. The quantitative estimate of drug-likeness (QED) is 0.401. The number of nitrogens with zero attached hydrogens (tertiary/aromatic N) is 5. The van der Waals surface area contributed by atoms with Gasteiger partial charge in [-0.15, -0.1) is 0 Å². The maximum absolute atomic E-state index is 13.5. The van der Waals surface area contributed by atoms with E-state index in [4.69, 9.17) is 0 Å². The molecule has 0 bridgehead atoms. The predicted octanol–water partition coefficient (Wildman–Crippen LogP) is 2.29. The van der Waals surface area contributed by atoms with Gasteiger partial charge in [-0.2, -0.15) is 5.10 Å². The van der Waals surface area contributed by atoms with E-state index in [-0.39, 0.29) is 24.9 Å². The van der Waals surface area contributed by atoms with Crippen molar-refractivity contribution in [2.24, 2.45) is 0 Å². The summed E-state index contributed by atoms with van der Waals surface area (Å²) in [4.78, 5) is 28.2. The topological polar surface area (TPSA) is 85.7 Å². The highest BCUT2D eigenvalue weighted by atomic mass is 16.2. The minimum Gasteiger partial charge on any atom is -0.353 e. The smallest absolute Gasteiger partial charge is 0.256 e. The summed E-state index contributed by atoms with van der Waals surface area (Å²) in [5, 5.41) is 15.5. The molecule has 9 nitrogen and oxygen atoms in total. The Hall–Kier alpha value is -3.43. The number of fused-ring (bicyclic) bond motifs is 2. The zero-order valence-corrected chi connectivity index (χ0v) is 21.8. The number of likely N-dealkylation sites (N-methyl/N-ethyl adjacent to an activating group) is 2. The fourth-order valence-electron chi connectivity index (χ4n) is 4.59. The maximum Gasteiger partial charge on any atom is 0.256 e. The molecule has 0 saturated carbocycles. The van der Waals surface area contributed by atoms with Gasteiger partial charge in [-0.25, -0.2) is 5.01 Å². The van der Waals surface area contributed by atoms with E-state index in [1.807, 2.05) is 65.9 Å². The summed E-state index contributed by atoms with van der Waals surface area (Å²) in [5.41, 5.74) is 5.23. The fourth-order valence-corrected chi connectivity index (χ4v) is 4.59. The predicted molar refractivity (Wildman–Crippen MR) is 142 cm³/mol. The van der Waals surface area contributed by atoms with E-state index in [2.05, 4.69) is 34.8 Å². The fraction of sp³-hybridized carbons (Fsp3) is 0.444. The number of hydrogen-bond donors (Lipinski definition) is 2. The van der Waals surface area contributed by atoms with Crippen molar-refractivity contribution in [3.8, 4) is 0 Å². The summed E-state index contributed by atoms with van der Waals surface area (Å²) in [6.45, 7) is 10.6. The van der Waals surface area contributed by atoms with Crippen LogP contribution < -0.4 is 15.5 Å². The van der Waals surface area contributed by atoms with Gasteiger partial charge in [0.15, 0.2) is 0 Å². The zero-order valence-electron chi connectivity index (χ0n) is 21.8. The van der Waals surface area contributed by atoms with Gasteiger partial charge >= 0.3 is 0 Å². The lowest BCUT2D eigenvalue weighted by Crippen LogP contribution is -2.48. The molecule has 1 aliphatic heterocycles. The van der Waals surface area contributed by atoms with Gasteiger partial charge in [-0.3, -0.25) is 19.3 Å². The summed E-state index contributed by atoms with van der Waals surface area (Å²) in [6.07, 6.45) is 2.00. The number of anilines is 1. The number of carbonyl (C=O) groups is 2. The van der Waals surface area contributed by atoms with Crippen LogP contribution in [0, 0.1) is 6.92 Å². The molecule has 0 fully saturated rings. The van der Waals surface area contributed by atoms with Crippen LogP contribution in [0.15, 0.2) is 42.6 Å². The summed E-state index contributed by atoms with van der Waals surface area (Å²) >= 11 is 0. The number of aromatic nitrogens is 2. The third-order valence-corrected chi connectivity index (χ3v) is 6.68.